The minimum Gasteiger partial charge on any atom is -0.476 e. The molecule has 0 saturated heterocycles. The van der Waals surface area contributed by atoms with Gasteiger partial charge in [0.05, 0.1) is 6.54 Å². The van der Waals surface area contributed by atoms with Gasteiger partial charge in [-0.1, -0.05) is 13.8 Å². The van der Waals surface area contributed by atoms with Crippen LogP contribution in [0.25, 0.3) is 0 Å². The van der Waals surface area contributed by atoms with Crippen molar-refractivity contribution >= 4 is 5.90 Å². The van der Waals surface area contributed by atoms with Crippen LogP contribution in [-0.4, -0.2) is 25.1 Å². The summed E-state index contributed by atoms with van der Waals surface area (Å²) in [5.41, 5.74) is 5.42. The lowest BCUT2D eigenvalue weighted by Gasteiger charge is -2.10. The molecule has 0 bridgehead atoms. The number of nitrogens with zero attached hydrogens (tertiary/aromatic N) is 1. The summed E-state index contributed by atoms with van der Waals surface area (Å²) in [5.74, 6) is 1.55. The standard InChI is InChI=1S/C9H18N2O/c1-7(2)5-9-11-6-8(12-9)3-4-10/h7-8H,3-6,10H2,1-2H3. The Morgan fingerprint density at radius 2 is 2.42 bits per heavy atom. The van der Waals surface area contributed by atoms with Gasteiger partial charge >= 0.3 is 0 Å². The molecule has 70 valence electrons. The van der Waals surface area contributed by atoms with Crippen LogP contribution in [0, 0.1) is 5.92 Å². The van der Waals surface area contributed by atoms with Crippen LogP contribution in [0.1, 0.15) is 26.7 Å². The minimum atomic E-state index is 0.253. The quantitative estimate of drug-likeness (QED) is 0.688. The van der Waals surface area contributed by atoms with Crippen LogP contribution in [0.4, 0.5) is 0 Å². The van der Waals surface area contributed by atoms with E-state index in [2.05, 4.69) is 18.8 Å². The van der Waals surface area contributed by atoms with Gasteiger partial charge in [0.2, 0.25) is 0 Å². The number of aliphatic imine (C=N–C) groups is 1. The lowest BCUT2D eigenvalue weighted by molar-refractivity contribution is 0.208. The maximum atomic E-state index is 5.58. The highest BCUT2D eigenvalue weighted by Gasteiger charge is 2.18. The summed E-state index contributed by atoms with van der Waals surface area (Å²) in [6.45, 7) is 5.83. The zero-order chi connectivity index (χ0) is 8.97. The second-order valence-corrected chi connectivity index (χ2v) is 3.65. The maximum Gasteiger partial charge on any atom is 0.183 e. The Labute approximate surface area is 74.0 Å². The zero-order valence-electron chi connectivity index (χ0n) is 7.92. The average molecular weight is 170 g/mol. The predicted molar refractivity (Wildman–Crippen MR) is 50.3 cm³/mol. The number of ether oxygens (including phenoxy) is 1. The Hall–Kier alpha value is -0.570. The van der Waals surface area contributed by atoms with Gasteiger partial charge in [-0.3, -0.25) is 4.99 Å². The highest BCUT2D eigenvalue weighted by Crippen LogP contribution is 2.13. The molecule has 12 heavy (non-hydrogen) atoms. The second kappa shape index (κ2) is 4.45. The monoisotopic (exact) mass is 170 g/mol. The van der Waals surface area contributed by atoms with E-state index in [1.165, 1.54) is 0 Å². The fourth-order valence-corrected chi connectivity index (χ4v) is 1.27. The molecule has 0 aromatic rings. The molecule has 1 aliphatic rings. The molecule has 0 spiro atoms. The topological polar surface area (TPSA) is 47.6 Å². The fourth-order valence-electron chi connectivity index (χ4n) is 1.27. The fraction of sp³-hybridized carbons (Fsp3) is 0.889. The van der Waals surface area contributed by atoms with Gasteiger partial charge in [-0.25, -0.2) is 0 Å². The largest absolute Gasteiger partial charge is 0.476 e. The third-order valence-electron chi connectivity index (χ3n) is 1.85. The third-order valence-corrected chi connectivity index (χ3v) is 1.85. The molecule has 3 nitrogen and oxygen atoms in total. The minimum absolute atomic E-state index is 0.253. The van der Waals surface area contributed by atoms with Crippen molar-refractivity contribution in [3.8, 4) is 0 Å². The average Bonchev–Trinajstić information content (AvgIpc) is 2.36. The van der Waals surface area contributed by atoms with Gasteiger partial charge in [0.15, 0.2) is 5.90 Å². The van der Waals surface area contributed by atoms with Crippen LogP contribution in [0.5, 0.6) is 0 Å². The molecule has 0 radical (unpaired) electrons. The molecular weight excluding hydrogens is 152 g/mol. The number of hydrogen-bond donors (Lipinski definition) is 1. The zero-order valence-corrected chi connectivity index (χ0v) is 7.92. The van der Waals surface area contributed by atoms with Crippen molar-refractivity contribution in [1.29, 1.82) is 0 Å². The van der Waals surface area contributed by atoms with E-state index in [4.69, 9.17) is 10.5 Å². The van der Waals surface area contributed by atoms with E-state index >= 15 is 0 Å². The summed E-state index contributed by atoms with van der Waals surface area (Å²) in [4.78, 5) is 4.31. The van der Waals surface area contributed by atoms with E-state index in [0.29, 0.717) is 12.5 Å². The molecule has 1 heterocycles. The number of rotatable bonds is 4. The molecule has 0 saturated carbocycles. The van der Waals surface area contributed by atoms with Crippen molar-refractivity contribution in [2.24, 2.45) is 16.6 Å². The Morgan fingerprint density at radius 1 is 1.67 bits per heavy atom. The first-order valence-corrected chi connectivity index (χ1v) is 4.62. The summed E-state index contributed by atoms with van der Waals surface area (Å²) in [5, 5.41) is 0. The van der Waals surface area contributed by atoms with E-state index in [1.54, 1.807) is 0 Å². The Morgan fingerprint density at radius 3 is 3.00 bits per heavy atom. The third kappa shape index (κ3) is 2.81. The summed E-state index contributed by atoms with van der Waals surface area (Å²) in [6, 6.07) is 0. The number of nitrogens with two attached hydrogens (primary N) is 1. The van der Waals surface area contributed by atoms with Crippen LogP contribution >= 0.6 is 0 Å². The van der Waals surface area contributed by atoms with E-state index in [-0.39, 0.29) is 6.10 Å². The highest BCUT2D eigenvalue weighted by molar-refractivity contribution is 5.77. The molecule has 0 fully saturated rings. The molecule has 0 aliphatic carbocycles. The Bertz CT molecular complexity index is 166. The van der Waals surface area contributed by atoms with Crippen molar-refractivity contribution in [3.05, 3.63) is 0 Å². The molecule has 1 atom stereocenters. The van der Waals surface area contributed by atoms with Gasteiger partial charge in [-0.05, 0) is 18.9 Å². The van der Waals surface area contributed by atoms with Gasteiger partial charge in [0.25, 0.3) is 0 Å². The summed E-state index contributed by atoms with van der Waals surface area (Å²) < 4.78 is 5.58. The smallest absolute Gasteiger partial charge is 0.183 e. The van der Waals surface area contributed by atoms with Gasteiger partial charge in [-0.2, -0.15) is 0 Å². The molecule has 0 aromatic heterocycles. The molecular formula is C9H18N2O. The van der Waals surface area contributed by atoms with Gasteiger partial charge in [-0.15, -0.1) is 0 Å². The second-order valence-electron chi connectivity index (χ2n) is 3.65. The van der Waals surface area contributed by atoms with E-state index in [0.717, 1.165) is 25.3 Å². The lowest BCUT2D eigenvalue weighted by atomic mass is 10.1. The van der Waals surface area contributed by atoms with Crippen molar-refractivity contribution in [2.75, 3.05) is 13.1 Å². The molecule has 3 heteroatoms. The number of hydrogen-bond acceptors (Lipinski definition) is 3. The molecule has 0 aromatic carbocycles. The maximum absolute atomic E-state index is 5.58. The highest BCUT2D eigenvalue weighted by atomic mass is 16.5. The molecule has 1 unspecified atom stereocenters. The summed E-state index contributed by atoms with van der Waals surface area (Å²) in [6.07, 6.45) is 2.13. The molecule has 1 aliphatic heterocycles. The van der Waals surface area contributed by atoms with Crippen molar-refractivity contribution in [1.82, 2.24) is 0 Å². The van der Waals surface area contributed by atoms with Crippen molar-refractivity contribution in [3.63, 3.8) is 0 Å². The van der Waals surface area contributed by atoms with E-state index in [9.17, 15) is 0 Å². The first-order chi connectivity index (χ1) is 5.72. The van der Waals surface area contributed by atoms with Crippen LogP contribution in [-0.2, 0) is 4.74 Å². The Balaban J connectivity index is 2.23. The normalized spacial score (nSPS) is 22.7. The summed E-state index contributed by atoms with van der Waals surface area (Å²) >= 11 is 0. The first kappa shape index (κ1) is 9.52. The van der Waals surface area contributed by atoms with Crippen LogP contribution < -0.4 is 5.73 Å². The van der Waals surface area contributed by atoms with Crippen LogP contribution in [0.2, 0.25) is 0 Å². The Kier molecular flexibility index (Phi) is 3.53. The molecule has 1 rings (SSSR count). The molecule has 2 N–H and O–H groups in total. The van der Waals surface area contributed by atoms with Gasteiger partial charge in [0, 0.05) is 6.42 Å². The van der Waals surface area contributed by atoms with Crippen LogP contribution in [0.15, 0.2) is 4.99 Å². The van der Waals surface area contributed by atoms with E-state index in [1.807, 2.05) is 0 Å². The predicted octanol–water partition coefficient (Wildman–Crippen LogP) is 1.18. The van der Waals surface area contributed by atoms with Crippen LogP contribution in [0.3, 0.4) is 0 Å². The molecule has 0 amide bonds. The SMILES string of the molecule is CC(C)CC1=NCC(CCN)O1. The lowest BCUT2D eigenvalue weighted by Crippen LogP contribution is -2.18. The van der Waals surface area contributed by atoms with E-state index < -0.39 is 0 Å². The van der Waals surface area contributed by atoms with Crippen molar-refractivity contribution < 1.29 is 4.74 Å². The summed E-state index contributed by atoms with van der Waals surface area (Å²) in [7, 11) is 0. The van der Waals surface area contributed by atoms with Crippen molar-refractivity contribution in [2.45, 2.75) is 32.8 Å². The van der Waals surface area contributed by atoms with Gasteiger partial charge in [0.1, 0.15) is 6.10 Å². The van der Waals surface area contributed by atoms with Gasteiger partial charge < -0.3 is 10.5 Å². The first-order valence-electron chi connectivity index (χ1n) is 4.62.